The Hall–Kier alpha value is -0.0800. The lowest BCUT2D eigenvalue weighted by molar-refractivity contribution is 0.0737. The van der Waals surface area contributed by atoms with Crippen molar-refractivity contribution in [1.82, 2.24) is 0 Å². The third-order valence-corrected chi connectivity index (χ3v) is 3.37. The van der Waals surface area contributed by atoms with E-state index in [9.17, 15) is 0 Å². The summed E-state index contributed by atoms with van der Waals surface area (Å²) in [7, 11) is 0. The van der Waals surface area contributed by atoms with Crippen LogP contribution in [0.5, 0.6) is 0 Å². The smallest absolute Gasteiger partial charge is 0.0494 e. The zero-order valence-electron chi connectivity index (χ0n) is 11.7. The third kappa shape index (κ3) is 8.12. The van der Waals surface area contributed by atoms with Crippen molar-refractivity contribution in [1.29, 1.82) is 0 Å². The van der Waals surface area contributed by atoms with Crippen LogP contribution in [0.15, 0.2) is 0 Å². The fraction of sp³-hybridized carbons (Fsp3) is 1.00. The molecule has 0 saturated heterocycles. The summed E-state index contributed by atoms with van der Waals surface area (Å²) in [6.45, 7) is 11.4. The molecule has 0 aromatic rings. The number of hydrogen-bond acceptors (Lipinski definition) is 2. The molecule has 1 atom stereocenters. The van der Waals surface area contributed by atoms with Crippen molar-refractivity contribution < 1.29 is 4.74 Å². The highest BCUT2D eigenvalue weighted by atomic mass is 16.5. The molecule has 0 saturated carbocycles. The molecule has 0 aromatic heterocycles. The van der Waals surface area contributed by atoms with Crippen molar-refractivity contribution >= 4 is 0 Å². The Balaban J connectivity index is 3.55. The summed E-state index contributed by atoms with van der Waals surface area (Å²) in [5.74, 6) is 0.751. The fourth-order valence-corrected chi connectivity index (χ4v) is 1.60. The van der Waals surface area contributed by atoms with Gasteiger partial charge in [-0.25, -0.2) is 0 Å². The van der Waals surface area contributed by atoms with E-state index < -0.39 is 0 Å². The molecule has 2 N–H and O–H groups in total. The predicted octanol–water partition coefficient (Wildman–Crippen LogP) is 3.59. The van der Waals surface area contributed by atoms with Gasteiger partial charge >= 0.3 is 0 Å². The van der Waals surface area contributed by atoms with Gasteiger partial charge in [-0.15, -0.1) is 0 Å². The lowest BCUT2D eigenvalue weighted by Gasteiger charge is -2.22. The van der Waals surface area contributed by atoms with E-state index in [1.807, 2.05) is 0 Å². The molecule has 0 aliphatic rings. The third-order valence-electron chi connectivity index (χ3n) is 3.37. The summed E-state index contributed by atoms with van der Waals surface area (Å²) >= 11 is 0. The van der Waals surface area contributed by atoms with Crippen LogP contribution in [-0.2, 0) is 4.74 Å². The number of ether oxygens (including phenoxy) is 1. The van der Waals surface area contributed by atoms with Crippen molar-refractivity contribution in [3.8, 4) is 0 Å². The van der Waals surface area contributed by atoms with Crippen LogP contribution in [0.4, 0.5) is 0 Å². The molecule has 2 nitrogen and oxygen atoms in total. The molecular formula is C14H31NO. The highest BCUT2D eigenvalue weighted by Crippen LogP contribution is 2.18. The van der Waals surface area contributed by atoms with E-state index in [0.717, 1.165) is 32.1 Å². The van der Waals surface area contributed by atoms with E-state index in [1.54, 1.807) is 0 Å². The van der Waals surface area contributed by atoms with E-state index in [1.165, 1.54) is 25.7 Å². The van der Waals surface area contributed by atoms with Crippen LogP contribution < -0.4 is 5.73 Å². The van der Waals surface area contributed by atoms with Gasteiger partial charge in [0.05, 0.1) is 0 Å². The topological polar surface area (TPSA) is 35.2 Å². The molecule has 0 heterocycles. The summed E-state index contributed by atoms with van der Waals surface area (Å²) in [6, 6.07) is 0. The van der Waals surface area contributed by atoms with Gasteiger partial charge in [-0.3, -0.25) is 0 Å². The van der Waals surface area contributed by atoms with Crippen molar-refractivity contribution in [2.75, 3.05) is 19.8 Å². The minimum Gasteiger partial charge on any atom is -0.381 e. The Bertz CT molecular complexity index is 157. The minimum atomic E-state index is 0.227. The number of unbranched alkanes of at least 4 members (excludes halogenated alkanes) is 1. The molecule has 0 radical (unpaired) electrons. The molecule has 98 valence electrons. The van der Waals surface area contributed by atoms with Crippen LogP contribution in [0.2, 0.25) is 0 Å². The standard InChI is InChI=1S/C14H31NO/c1-5-7-8-13(6-2)11-16-10-9-14(3,4)12-15/h13H,5-12,15H2,1-4H3. The van der Waals surface area contributed by atoms with Crippen LogP contribution in [0.25, 0.3) is 0 Å². The second-order valence-electron chi connectivity index (χ2n) is 5.61. The molecule has 0 amide bonds. The normalized spacial score (nSPS) is 14.1. The molecule has 0 spiro atoms. The summed E-state index contributed by atoms with van der Waals surface area (Å²) < 4.78 is 5.77. The zero-order valence-corrected chi connectivity index (χ0v) is 11.7. The van der Waals surface area contributed by atoms with Crippen molar-refractivity contribution in [2.24, 2.45) is 17.1 Å². The molecule has 0 aromatic carbocycles. The average Bonchev–Trinajstić information content (AvgIpc) is 2.28. The quantitative estimate of drug-likeness (QED) is 0.581. The van der Waals surface area contributed by atoms with E-state index in [0.29, 0.717) is 0 Å². The summed E-state index contributed by atoms with van der Waals surface area (Å²) in [5, 5.41) is 0. The first-order chi connectivity index (χ1) is 7.55. The molecule has 0 aliphatic carbocycles. The molecule has 2 heteroatoms. The van der Waals surface area contributed by atoms with E-state index in [-0.39, 0.29) is 5.41 Å². The molecule has 0 aliphatic heterocycles. The highest BCUT2D eigenvalue weighted by molar-refractivity contribution is 4.68. The molecule has 0 rings (SSSR count). The van der Waals surface area contributed by atoms with Gasteiger partial charge in [-0.1, -0.05) is 47.0 Å². The maximum atomic E-state index is 5.77. The molecular weight excluding hydrogens is 198 g/mol. The first-order valence-electron chi connectivity index (χ1n) is 6.83. The van der Waals surface area contributed by atoms with Crippen LogP contribution in [0.1, 0.15) is 59.8 Å². The van der Waals surface area contributed by atoms with Crippen molar-refractivity contribution in [3.05, 3.63) is 0 Å². The zero-order chi connectivity index (χ0) is 12.4. The lowest BCUT2D eigenvalue weighted by Crippen LogP contribution is -2.25. The minimum absolute atomic E-state index is 0.227. The predicted molar refractivity (Wildman–Crippen MR) is 71.6 cm³/mol. The van der Waals surface area contributed by atoms with Crippen molar-refractivity contribution in [3.63, 3.8) is 0 Å². The molecule has 0 fully saturated rings. The SMILES string of the molecule is CCCCC(CC)COCCC(C)(C)CN. The van der Waals surface area contributed by atoms with E-state index >= 15 is 0 Å². The van der Waals surface area contributed by atoms with Gasteiger partial charge in [0, 0.05) is 13.2 Å². The second-order valence-corrected chi connectivity index (χ2v) is 5.61. The van der Waals surface area contributed by atoms with Crippen LogP contribution in [-0.4, -0.2) is 19.8 Å². The fourth-order valence-electron chi connectivity index (χ4n) is 1.60. The number of rotatable bonds is 10. The van der Waals surface area contributed by atoms with E-state index in [4.69, 9.17) is 10.5 Å². The van der Waals surface area contributed by atoms with Gasteiger partial charge in [0.2, 0.25) is 0 Å². The van der Waals surface area contributed by atoms with Crippen LogP contribution >= 0.6 is 0 Å². The van der Waals surface area contributed by atoms with E-state index in [2.05, 4.69) is 27.7 Å². The Morgan fingerprint density at radius 1 is 1.25 bits per heavy atom. The van der Waals surface area contributed by atoms with Gasteiger partial charge in [-0.05, 0) is 30.7 Å². The van der Waals surface area contributed by atoms with Gasteiger partial charge in [0.1, 0.15) is 0 Å². The monoisotopic (exact) mass is 229 g/mol. The number of nitrogens with two attached hydrogens (primary N) is 1. The molecule has 16 heavy (non-hydrogen) atoms. The average molecular weight is 229 g/mol. The van der Waals surface area contributed by atoms with Gasteiger partial charge in [0.15, 0.2) is 0 Å². The maximum Gasteiger partial charge on any atom is 0.0494 e. The second kappa shape index (κ2) is 9.00. The lowest BCUT2D eigenvalue weighted by atomic mass is 9.90. The Kier molecular flexibility index (Phi) is 8.96. The largest absolute Gasteiger partial charge is 0.381 e. The van der Waals surface area contributed by atoms with Gasteiger partial charge in [0.25, 0.3) is 0 Å². The Morgan fingerprint density at radius 3 is 2.44 bits per heavy atom. The Labute approximate surface area is 102 Å². The summed E-state index contributed by atoms with van der Waals surface area (Å²) in [6.07, 6.45) is 6.23. The summed E-state index contributed by atoms with van der Waals surface area (Å²) in [4.78, 5) is 0. The first kappa shape index (κ1) is 15.9. The van der Waals surface area contributed by atoms with Crippen LogP contribution in [0, 0.1) is 11.3 Å². The highest BCUT2D eigenvalue weighted by Gasteiger charge is 2.15. The van der Waals surface area contributed by atoms with Crippen LogP contribution in [0.3, 0.4) is 0 Å². The first-order valence-corrected chi connectivity index (χ1v) is 6.83. The van der Waals surface area contributed by atoms with Crippen molar-refractivity contribution in [2.45, 2.75) is 59.8 Å². The number of hydrogen-bond donors (Lipinski definition) is 1. The molecule has 1 unspecified atom stereocenters. The Morgan fingerprint density at radius 2 is 1.94 bits per heavy atom. The summed E-state index contributed by atoms with van der Waals surface area (Å²) in [5.41, 5.74) is 5.91. The maximum absolute atomic E-state index is 5.77. The van der Waals surface area contributed by atoms with Gasteiger partial charge < -0.3 is 10.5 Å². The molecule has 0 bridgehead atoms. The van der Waals surface area contributed by atoms with Gasteiger partial charge in [-0.2, -0.15) is 0 Å².